The van der Waals surface area contributed by atoms with E-state index in [9.17, 15) is 10.1 Å². The fourth-order valence-electron chi connectivity index (χ4n) is 2.85. The molecule has 0 aliphatic heterocycles. The summed E-state index contributed by atoms with van der Waals surface area (Å²) in [6.45, 7) is 0.352. The number of H-pyrrole nitrogens is 1. The number of nitrogens with zero attached hydrogens (tertiary/aromatic N) is 4. The molecule has 8 nitrogen and oxygen atoms in total. The van der Waals surface area contributed by atoms with Crippen LogP contribution in [0.3, 0.4) is 0 Å². The van der Waals surface area contributed by atoms with Crippen LogP contribution in [0.5, 0.6) is 5.75 Å². The first-order valence-corrected chi connectivity index (χ1v) is 7.93. The molecular formula is C18H15N5O3. The third kappa shape index (κ3) is 2.88. The van der Waals surface area contributed by atoms with Crippen molar-refractivity contribution in [2.45, 2.75) is 6.54 Å². The average Bonchev–Trinajstić information content (AvgIpc) is 3.28. The number of aromatic amines is 1. The van der Waals surface area contributed by atoms with E-state index in [2.05, 4.69) is 15.1 Å². The number of benzene rings is 2. The SMILES string of the molecule is COc1ccc(-c2nc3ccccc3[nH]2)cc1Cn1cc([N+](=O)[O-])cn1. The average molecular weight is 349 g/mol. The van der Waals surface area contributed by atoms with Crippen LogP contribution >= 0.6 is 0 Å². The number of imidazole rings is 1. The van der Waals surface area contributed by atoms with Crippen LogP contribution in [0.4, 0.5) is 5.69 Å². The van der Waals surface area contributed by atoms with Crippen molar-refractivity contribution >= 4 is 16.7 Å². The van der Waals surface area contributed by atoms with E-state index >= 15 is 0 Å². The van der Waals surface area contributed by atoms with Crippen LogP contribution in [-0.2, 0) is 6.54 Å². The van der Waals surface area contributed by atoms with Gasteiger partial charge in [-0.25, -0.2) is 4.98 Å². The number of hydrogen-bond donors (Lipinski definition) is 1. The molecule has 2 aromatic carbocycles. The maximum Gasteiger partial charge on any atom is 0.307 e. The molecule has 0 fully saturated rings. The number of hydrogen-bond acceptors (Lipinski definition) is 5. The van der Waals surface area contributed by atoms with E-state index in [0.29, 0.717) is 12.3 Å². The maximum atomic E-state index is 10.8. The Balaban J connectivity index is 1.71. The van der Waals surface area contributed by atoms with Gasteiger partial charge in [-0.05, 0) is 30.3 Å². The van der Waals surface area contributed by atoms with Gasteiger partial charge in [0.1, 0.15) is 24.0 Å². The Labute approximate surface area is 148 Å². The predicted molar refractivity (Wildman–Crippen MR) is 96.1 cm³/mol. The third-order valence-electron chi connectivity index (χ3n) is 4.11. The van der Waals surface area contributed by atoms with Gasteiger partial charge < -0.3 is 9.72 Å². The van der Waals surface area contributed by atoms with E-state index in [1.54, 1.807) is 7.11 Å². The highest BCUT2D eigenvalue weighted by Gasteiger charge is 2.13. The summed E-state index contributed by atoms with van der Waals surface area (Å²) in [5, 5.41) is 14.9. The number of methoxy groups -OCH3 is 1. The molecule has 0 bridgehead atoms. The topological polar surface area (TPSA) is 98.9 Å². The van der Waals surface area contributed by atoms with Crippen LogP contribution in [0.1, 0.15) is 5.56 Å². The zero-order valence-electron chi connectivity index (χ0n) is 13.9. The number of aromatic nitrogens is 4. The second-order valence-corrected chi connectivity index (χ2v) is 5.78. The van der Waals surface area contributed by atoms with Crippen molar-refractivity contribution in [3.8, 4) is 17.1 Å². The monoisotopic (exact) mass is 349 g/mol. The summed E-state index contributed by atoms with van der Waals surface area (Å²) in [6.07, 6.45) is 2.63. The first kappa shape index (κ1) is 15.8. The predicted octanol–water partition coefficient (Wildman–Crippen LogP) is 3.39. The quantitative estimate of drug-likeness (QED) is 0.440. The minimum Gasteiger partial charge on any atom is -0.496 e. The Kier molecular flexibility index (Phi) is 3.85. The molecular weight excluding hydrogens is 334 g/mol. The molecule has 4 aromatic rings. The summed E-state index contributed by atoms with van der Waals surface area (Å²) in [4.78, 5) is 18.3. The highest BCUT2D eigenvalue weighted by molar-refractivity contribution is 5.79. The van der Waals surface area contributed by atoms with Crippen molar-refractivity contribution in [1.82, 2.24) is 19.7 Å². The van der Waals surface area contributed by atoms with Crippen molar-refractivity contribution in [2.24, 2.45) is 0 Å². The number of rotatable bonds is 5. The van der Waals surface area contributed by atoms with E-state index in [0.717, 1.165) is 28.0 Å². The first-order valence-electron chi connectivity index (χ1n) is 7.93. The van der Waals surface area contributed by atoms with E-state index < -0.39 is 4.92 Å². The van der Waals surface area contributed by atoms with Gasteiger partial charge in [-0.3, -0.25) is 14.8 Å². The Morgan fingerprint density at radius 3 is 2.85 bits per heavy atom. The van der Waals surface area contributed by atoms with Gasteiger partial charge in [0.2, 0.25) is 0 Å². The number of ether oxygens (including phenoxy) is 1. The lowest BCUT2D eigenvalue weighted by Gasteiger charge is -2.10. The number of para-hydroxylation sites is 2. The molecule has 1 N–H and O–H groups in total. The molecule has 0 spiro atoms. The standard InChI is InChI=1S/C18H15N5O3/c1-26-17-7-6-12(18-20-15-4-2-3-5-16(15)21-18)8-13(17)10-22-11-14(9-19-22)23(24)25/h2-9,11H,10H2,1H3,(H,20,21). The third-order valence-corrected chi connectivity index (χ3v) is 4.11. The minimum absolute atomic E-state index is 0.0441. The van der Waals surface area contributed by atoms with Crippen LogP contribution in [0.15, 0.2) is 54.9 Å². The van der Waals surface area contributed by atoms with Crippen molar-refractivity contribution in [3.05, 3.63) is 70.5 Å². The van der Waals surface area contributed by atoms with Gasteiger partial charge in [0.05, 0.1) is 29.6 Å². The molecule has 0 atom stereocenters. The Bertz CT molecular complexity index is 1070. The van der Waals surface area contributed by atoms with E-state index in [1.807, 2.05) is 42.5 Å². The Morgan fingerprint density at radius 2 is 2.12 bits per heavy atom. The maximum absolute atomic E-state index is 10.8. The molecule has 26 heavy (non-hydrogen) atoms. The summed E-state index contributed by atoms with van der Waals surface area (Å²) in [5.74, 6) is 1.43. The van der Waals surface area contributed by atoms with E-state index in [-0.39, 0.29) is 5.69 Å². The molecule has 0 unspecified atom stereocenters. The van der Waals surface area contributed by atoms with Gasteiger partial charge in [0.25, 0.3) is 0 Å². The Morgan fingerprint density at radius 1 is 1.27 bits per heavy atom. The second kappa shape index (κ2) is 6.32. The largest absolute Gasteiger partial charge is 0.496 e. The van der Waals surface area contributed by atoms with Crippen LogP contribution < -0.4 is 4.74 Å². The van der Waals surface area contributed by atoms with Crippen molar-refractivity contribution in [3.63, 3.8) is 0 Å². The number of fused-ring (bicyclic) bond motifs is 1. The van der Waals surface area contributed by atoms with E-state index in [1.165, 1.54) is 17.1 Å². The van der Waals surface area contributed by atoms with Crippen LogP contribution in [0.25, 0.3) is 22.4 Å². The van der Waals surface area contributed by atoms with Crippen molar-refractivity contribution in [2.75, 3.05) is 7.11 Å². The number of nitro groups is 1. The fraction of sp³-hybridized carbons (Fsp3) is 0.111. The highest BCUT2D eigenvalue weighted by Crippen LogP contribution is 2.27. The van der Waals surface area contributed by atoms with Gasteiger partial charge in [-0.2, -0.15) is 5.10 Å². The molecule has 0 saturated heterocycles. The normalized spacial score (nSPS) is 11.0. The molecule has 4 rings (SSSR count). The second-order valence-electron chi connectivity index (χ2n) is 5.78. The minimum atomic E-state index is -0.467. The van der Waals surface area contributed by atoms with Crippen molar-refractivity contribution < 1.29 is 9.66 Å². The molecule has 2 aromatic heterocycles. The number of nitrogens with one attached hydrogen (secondary N) is 1. The molecule has 0 saturated carbocycles. The summed E-state index contributed by atoms with van der Waals surface area (Å²) in [7, 11) is 1.59. The van der Waals surface area contributed by atoms with Crippen LogP contribution in [0.2, 0.25) is 0 Å². The van der Waals surface area contributed by atoms with E-state index in [4.69, 9.17) is 4.74 Å². The van der Waals surface area contributed by atoms with Gasteiger partial charge in [0, 0.05) is 11.1 Å². The summed E-state index contributed by atoms with van der Waals surface area (Å²) in [6, 6.07) is 13.5. The smallest absolute Gasteiger partial charge is 0.307 e. The molecule has 2 heterocycles. The lowest BCUT2D eigenvalue weighted by Crippen LogP contribution is -2.02. The zero-order chi connectivity index (χ0) is 18.1. The molecule has 130 valence electrons. The lowest BCUT2D eigenvalue weighted by atomic mass is 10.1. The molecule has 0 aliphatic carbocycles. The van der Waals surface area contributed by atoms with Crippen LogP contribution in [-0.4, -0.2) is 31.8 Å². The summed E-state index contributed by atoms with van der Waals surface area (Å²) >= 11 is 0. The highest BCUT2D eigenvalue weighted by atomic mass is 16.6. The van der Waals surface area contributed by atoms with Gasteiger partial charge in [-0.1, -0.05) is 12.1 Å². The molecule has 0 radical (unpaired) electrons. The molecule has 0 amide bonds. The van der Waals surface area contributed by atoms with Crippen LogP contribution in [0, 0.1) is 10.1 Å². The first-order chi connectivity index (χ1) is 12.6. The van der Waals surface area contributed by atoms with Gasteiger partial charge >= 0.3 is 5.69 Å². The lowest BCUT2D eigenvalue weighted by molar-refractivity contribution is -0.385. The summed E-state index contributed by atoms with van der Waals surface area (Å²) in [5.41, 5.74) is 3.56. The van der Waals surface area contributed by atoms with Gasteiger partial charge in [0.15, 0.2) is 0 Å². The zero-order valence-corrected chi connectivity index (χ0v) is 13.9. The fourth-order valence-corrected chi connectivity index (χ4v) is 2.85. The van der Waals surface area contributed by atoms with Gasteiger partial charge in [-0.15, -0.1) is 0 Å². The molecule has 8 heteroatoms. The Hall–Kier alpha value is -3.68. The molecule has 0 aliphatic rings. The summed E-state index contributed by atoms with van der Waals surface area (Å²) < 4.78 is 6.93. The van der Waals surface area contributed by atoms with Crippen molar-refractivity contribution in [1.29, 1.82) is 0 Å².